The molecule has 0 fully saturated rings. The van der Waals surface area contributed by atoms with Gasteiger partial charge in [-0.2, -0.15) is 0 Å². The van der Waals surface area contributed by atoms with Crippen LogP contribution in [-0.2, 0) is 29.0 Å². The number of H-pyrrole nitrogens is 2. The fourth-order valence-corrected chi connectivity index (χ4v) is 5.06. The second kappa shape index (κ2) is 11.3. The highest BCUT2D eigenvalue weighted by atomic mass is 16.5. The highest BCUT2D eigenvalue weighted by molar-refractivity contribution is 5.90. The molecule has 0 bridgehead atoms. The number of aryl methyl sites for hydroxylation is 1. The summed E-state index contributed by atoms with van der Waals surface area (Å²) in [5, 5.41) is 9.99. The van der Waals surface area contributed by atoms with Crippen molar-refractivity contribution in [1.29, 1.82) is 0 Å². The van der Waals surface area contributed by atoms with Gasteiger partial charge in [-0.1, -0.05) is 36.4 Å². The average molecular weight is 486 g/mol. The molecule has 0 saturated heterocycles. The van der Waals surface area contributed by atoms with Gasteiger partial charge in [0, 0.05) is 42.3 Å². The number of ether oxygens (including phenoxy) is 1. The molecule has 0 saturated carbocycles. The normalized spacial score (nSPS) is 15.2. The number of aromatic nitrogens is 3. The topological polar surface area (TPSA) is 106 Å². The number of rotatable bonds is 11. The molecule has 4 aromatic rings. The molecule has 36 heavy (non-hydrogen) atoms. The highest BCUT2D eigenvalue weighted by Gasteiger charge is 2.28. The maximum atomic E-state index is 11.3. The van der Waals surface area contributed by atoms with Crippen molar-refractivity contribution in [3.8, 4) is 0 Å². The number of nitrogens with one attached hydrogen (secondary N) is 3. The Hall–Kier alpha value is -3.72. The Bertz CT molecular complexity index is 1330. The van der Waals surface area contributed by atoms with Gasteiger partial charge in [0.2, 0.25) is 0 Å². The van der Waals surface area contributed by atoms with Crippen molar-refractivity contribution in [1.82, 2.24) is 25.3 Å². The van der Waals surface area contributed by atoms with E-state index < -0.39 is 5.91 Å². The minimum atomic E-state index is -0.535. The second-order valence-electron chi connectivity index (χ2n) is 9.10. The van der Waals surface area contributed by atoms with E-state index in [1.54, 1.807) is 24.1 Å². The fourth-order valence-electron chi connectivity index (χ4n) is 5.06. The third-order valence-electron chi connectivity index (χ3n) is 6.87. The number of nitrogens with zero attached hydrogens (tertiary/aromatic N) is 2. The summed E-state index contributed by atoms with van der Waals surface area (Å²) < 4.78 is 5.96. The molecule has 0 spiro atoms. The van der Waals surface area contributed by atoms with Gasteiger partial charge in [-0.05, 0) is 53.7 Å². The molecule has 8 heteroatoms. The first-order valence-electron chi connectivity index (χ1n) is 12.3. The summed E-state index contributed by atoms with van der Waals surface area (Å²) in [6, 6.07) is 15.1. The quantitative estimate of drug-likeness (QED) is 0.110. The van der Waals surface area contributed by atoms with Crippen molar-refractivity contribution >= 4 is 22.9 Å². The SMILES string of the molecule is O=C(/C=C/c1ccc2c(c1)CCC2N(CCOCc1cnc[nH]1)CCc1c[nH]c2ccccc12)NO. The molecule has 8 nitrogen and oxygen atoms in total. The van der Waals surface area contributed by atoms with E-state index in [1.165, 1.54) is 33.7 Å². The number of imidazole rings is 1. The van der Waals surface area contributed by atoms with Crippen molar-refractivity contribution in [2.45, 2.75) is 31.9 Å². The summed E-state index contributed by atoms with van der Waals surface area (Å²) in [7, 11) is 0. The Morgan fingerprint density at radius 2 is 2.14 bits per heavy atom. The van der Waals surface area contributed by atoms with Gasteiger partial charge in [0.1, 0.15) is 0 Å². The van der Waals surface area contributed by atoms with E-state index in [2.05, 4.69) is 62.4 Å². The first kappa shape index (κ1) is 24.0. The highest BCUT2D eigenvalue weighted by Crippen LogP contribution is 2.36. The summed E-state index contributed by atoms with van der Waals surface area (Å²) in [5.74, 6) is -0.535. The standard InChI is InChI=1S/C28H31N5O3/c34-28(32-35)10-6-20-5-8-25-21(15-20)7-9-27(25)33(13-14-36-18-23-17-29-19-31-23)12-11-22-16-30-26-4-2-1-3-24(22)26/h1-6,8,10,15-17,19,27,30,35H,7,9,11-14,18H2,(H,29,31)(H,32,34)/b10-6+. The van der Waals surface area contributed by atoms with Gasteiger partial charge in [0.25, 0.3) is 5.91 Å². The summed E-state index contributed by atoms with van der Waals surface area (Å²) in [5.41, 5.74) is 8.70. The van der Waals surface area contributed by atoms with Gasteiger partial charge in [-0.15, -0.1) is 0 Å². The first-order chi connectivity index (χ1) is 17.7. The van der Waals surface area contributed by atoms with Crippen molar-refractivity contribution in [3.05, 3.63) is 95.2 Å². The van der Waals surface area contributed by atoms with Crippen LogP contribution >= 0.6 is 0 Å². The Morgan fingerprint density at radius 1 is 1.22 bits per heavy atom. The lowest BCUT2D eigenvalue weighted by atomic mass is 10.0. The number of benzene rings is 2. The molecule has 2 aromatic carbocycles. The molecule has 4 N–H and O–H groups in total. The number of carbonyl (C=O) groups excluding carboxylic acids is 1. The van der Waals surface area contributed by atoms with E-state index >= 15 is 0 Å². The average Bonchev–Trinajstić information content (AvgIpc) is 3.67. The molecule has 2 heterocycles. The maximum absolute atomic E-state index is 11.3. The van der Waals surface area contributed by atoms with Gasteiger partial charge in [0.15, 0.2) is 0 Å². The monoisotopic (exact) mass is 485 g/mol. The van der Waals surface area contributed by atoms with Crippen LogP contribution in [0.15, 0.2) is 67.3 Å². The largest absolute Gasteiger partial charge is 0.374 e. The zero-order chi connectivity index (χ0) is 24.7. The second-order valence-corrected chi connectivity index (χ2v) is 9.10. The fraction of sp³-hybridized carbons (Fsp3) is 0.286. The Kier molecular flexibility index (Phi) is 7.56. The van der Waals surface area contributed by atoms with E-state index in [4.69, 9.17) is 9.94 Å². The molecular formula is C28H31N5O3. The van der Waals surface area contributed by atoms with Crippen LogP contribution in [-0.4, -0.2) is 50.7 Å². The molecule has 0 radical (unpaired) electrons. The summed E-state index contributed by atoms with van der Waals surface area (Å²) >= 11 is 0. The van der Waals surface area contributed by atoms with Crippen LogP contribution in [0.25, 0.3) is 17.0 Å². The van der Waals surface area contributed by atoms with E-state index in [9.17, 15) is 4.79 Å². The van der Waals surface area contributed by atoms with Crippen LogP contribution in [0.3, 0.4) is 0 Å². The molecule has 1 amide bonds. The lowest BCUT2D eigenvalue weighted by Gasteiger charge is -2.29. The molecular weight excluding hydrogens is 454 g/mol. The van der Waals surface area contributed by atoms with Crippen LogP contribution in [0, 0.1) is 0 Å². The van der Waals surface area contributed by atoms with Crippen LogP contribution in [0.1, 0.15) is 40.4 Å². The number of hydrogen-bond acceptors (Lipinski definition) is 5. The summed E-state index contributed by atoms with van der Waals surface area (Å²) in [4.78, 5) is 24.4. The van der Waals surface area contributed by atoms with Crippen LogP contribution < -0.4 is 5.48 Å². The minimum absolute atomic E-state index is 0.319. The van der Waals surface area contributed by atoms with Crippen molar-refractivity contribution in [2.75, 3.05) is 19.7 Å². The Labute approximate surface area is 210 Å². The van der Waals surface area contributed by atoms with Gasteiger partial charge >= 0.3 is 0 Å². The molecule has 1 unspecified atom stereocenters. The number of hydroxylamine groups is 1. The van der Waals surface area contributed by atoms with Crippen LogP contribution in [0.4, 0.5) is 0 Å². The van der Waals surface area contributed by atoms with Gasteiger partial charge < -0.3 is 14.7 Å². The van der Waals surface area contributed by atoms with Crippen LogP contribution in [0.2, 0.25) is 0 Å². The summed E-state index contributed by atoms with van der Waals surface area (Å²) in [6.45, 7) is 2.92. The van der Waals surface area contributed by atoms with Crippen molar-refractivity contribution < 1.29 is 14.7 Å². The van der Waals surface area contributed by atoms with Gasteiger partial charge in [0.05, 0.1) is 31.4 Å². The number of carbonyl (C=O) groups is 1. The zero-order valence-corrected chi connectivity index (χ0v) is 20.1. The smallest absolute Gasteiger partial charge is 0.267 e. The van der Waals surface area contributed by atoms with Crippen LogP contribution in [0.5, 0.6) is 0 Å². The lowest BCUT2D eigenvalue weighted by molar-refractivity contribution is -0.124. The molecule has 1 atom stereocenters. The van der Waals surface area contributed by atoms with Crippen molar-refractivity contribution in [3.63, 3.8) is 0 Å². The van der Waals surface area contributed by atoms with E-state index in [0.717, 1.165) is 43.6 Å². The number of hydrogen-bond donors (Lipinski definition) is 4. The number of fused-ring (bicyclic) bond motifs is 2. The van der Waals surface area contributed by atoms with Gasteiger partial charge in [-0.3, -0.25) is 14.9 Å². The number of para-hydroxylation sites is 1. The summed E-state index contributed by atoms with van der Waals surface area (Å²) in [6.07, 6.45) is 11.6. The maximum Gasteiger partial charge on any atom is 0.267 e. The van der Waals surface area contributed by atoms with E-state index in [0.29, 0.717) is 19.3 Å². The van der Waals surface area contributed by atoms with Gasteiger partial charge in [-0.25, -0.2) is 10.5 Å². The third kappa shape index (κ3) is 5.57. The predicted octanol–water partition coefficient (Wildman–Crippen LogP) is 4.16. The first-order valence-corrected chi connectivity index (χ1v) is 12.3. The van der Waals surface area contributed by atoms with Crippen molar-refractivity contribution in [2.24, 2.45) is 0 Å². The number of amides is 1. The van der Waals surface area contributed by atoms with E-state index in [1.807, 2.05) is 6.07 Å². The predicted molar refractivity (Wildman–Crippen MR) is 138 cm³/mol. The molecule has 5 rings (SSSR count). The number of aromatic amines is 2. The Morgan fingerprint density at radius 3 is 3.00 bits per heavy atom. The minimum Gasteiger partial charge on any atom is -0.374 e. The molecule has 0 aliphatic heterocycles. The molecule has 2 aromatic heterocycles. The third-order valence-corrected chi connectivity index (χ3v) is 6.87. The molecule has 186 valence electrons. The van der Waals surface area contributed by atoms with E-state index in [-0.39, 0.29) is 0 Å². The Balaban J connectivity index is 1.30. The molecule has 1 aliphatic rings. The zero-order valence-electron chi connectivity index (χ0n) is 20.1. The molecule has 1 aliphatic carbocycles. The lowest BCUT2D eigenvalue weighted by Crippen LogP contribution is -2.33.